The van der Waals surface area contributed by atoms with E-state index in [0.717, 1.165) is 90.6 Å². The molecule has 0 saturated carbocycles. The van der Waals surface area contributed by atoms with Crippen LogP contribution in [0.1, 0.15) is 129 Å². The van der Waals surface area contributed by atoms with Crippen LogP contribution >= 0.6 is 0 Å². The molecule has 0 aromatic carbocycles. The molecule has 2 atom stereocenters. The number of nitrogens with two attached hydrogens (primary N) is 2. The molecule has 2 unspecified atom stereocenters. The molecule has 0 aliphatic heterocycles. The van der Waals surface area contributed by atoms with Crippen molar-refractivity contribution in [3.63, 3.8) is 0 Å². The first-order valence-corrected chi connectivity index (χ1v) is 15.8. The summed E-state index contributed by atoms with van der Waals surface area (Å²) >= 11 is 0. The summed E-state index contributed by atoms with van der Waals surface area (Å²) in [5.74, 6) is 0. The molecule has 0 rings (SSSR count). The Kier molecular flexibility index (Phi) is 27.6. The fourth-order valence-corrected chi connectivity index (χ4v) is 4.99. The first-order chi connectivity index (χ1) is 17.6. The van der Waals surface area contributed by atoms with Gasteiger partial charge in [0.15, 0.2) is 0 Å². The Balaban J connectivity index is 4.26. The van der Waals surface area contributed by atoms with Crippen molar-refractivity contribution in [3.8, 4) is 0 Å². The largest absolute Gasteiger partial charge is 0.392 e. The highest BCUT2D eigenvalue weighted by atomic mass is 16.3. The zero-order valence-electron chi connectivity index (χ0n) is 24.5. The smallest absolute Gasteiger partial charge is 0.0667 e. The number of aliphatic hydroxyl groups excluding tert-OH is 2. The van der Waals surface area contributed by atoms with E-state index in [9.17, 15) is 10.2 Å². The normalized spacial score (nSPS) is 13.7. The average Bonchev–Trinajstić information content (AvgIpc) is 2.87. The van der Waals surface area contributed by atoms with E-state index in [2.05, 4.69) is 23.6 Å². The number of nitrogens with zero attached hydrogens (tertiary/aromatic N) is 2. The molecule has 0 aliphatic carbocycles. The molecule has 0 radical (unpaired) electrons. The molecule has 0 saturated heterocycles. The predicted octanol–water partition coefficient (Wildman–Crippen LogP) is 5.29. The highest BCUT2D eigenvalue weighted by molar-refractivity contribution is 4.69. The van der Waals surface area contributed by atoms with Crippen molar-refractivity contribution in [3.05, 3.63) is 0 Å². The van der Waals surface area contributed by atoms with Crippen LogP contribution in [0.5, 0.6) is 0 Å². The third-order valence-electron chi connectivity index (χ3n) is 7.28. The van der Waals surface area contributed by atoms with Gasteiger partial charge in [-0.25, -0.2) is 0 Å². The Bertz CT molecular complexity index is 390. The molecule has 0 fully saturated rings. The van der Waals surface area contributed by atoms with Gasteiger partial charge in [-0.2, -0.15) is 0 Å². The third kappa shape index (κ3) is 24.1. The van der Waals surface area contributed by atoms with Gasteiger partial charge in [0.2, 0.25) is 0 Å². The van der Waals surface area contributed by atoms with Crippen LogP contribution in [-0.2, 0) is 0 Å². The number of hydrogen-bond donors (Lipinski definition) is 4. The molecular weight excluding hydrogens is 448 g/mol. The zero-order valence-corrected chi connectivity index (χ0v) is 24.5. The van der Waals surface area contributed by atoms with E-state index in [1.807, 2.05) is 0 Å². The van der Waals surface area contributed by atoms with Crippen molar-refractivity contribution in [1.29, 1.82) is 0 Å². The van der Waals surface area contributed by atoms with Crippen LogP contribution in [0.3, 0.4) is 0 Å². The maximum atomic E-state index is 10.6. The predicted molar refractivity (Wildman–Crippen MR) is 157 cm³/mol. The van der Waals surface area contributed by atoms with Crippen LogP contribution in [0.2, 0.25) is 0 Å². The molecule has 0 heterocycles. The summed E-state index contributed by atoms with van der Waals surface area (Å²) in [4.78, 5) is 4.82. The Hall–Kier alpha value is -0.240. The van der Waals surface area contributed by atoms with Crippen molar-refractivity contribution in [2.24, 2.45) is 11.5 Å². The first kappa shape index (κ1) is 35.8. The molecule has 0 bridgehead atoms. The van der Waals surface area contributed by atoms with Gasteiger partial charge in [-0.1, -0.05) is 90.9 Å². The molecule has 6 N–H and O–H groups in total. The summed E-state index contributed by atoms with van der Waals surface area (Å²) in [5, 5.41) is 21.1. The van der Waals surface area contributed by atoms with Gasteiger partial charge < -0.3 is 31.5 Å². The molecule has 0 aromatic heterocycles. The lowest BCUT2D eigenvalue weighted by Crippen LogP contribution is -2.36. The summed E-state index contributed by atoms with van der Waals surface area (Å²) in [6.45, 7) is 11.4. The van der Waals surface area contributed by atoms with Gasteiger partial charge in [-0.3, -0.25) is 0 Å². The van der Waals surface area contributed by atoms with Gasteiger partial charge in [0, 0.05) is 13.1 Å². The number of hydrogen-bond acceptors (Lipinski definition) is 6. The average molecular weight is 515 g/mol. The van der Waals surface area contributed by atoms with Crippen molar-refractivity contribution >= 4 is 0 Å². The van der Waals surface area contributed by atoms with Crippen LogP contribution in [0.25, 0.3) is 0 Å². The van der Waals surface area contributed by atoms with E-state index in [4.69, 9.17) is 11.5 Å². The van der Waals surface area contributed by atoms with Crippen molar-refractivity contribution in [1.82, 2.24) is 9.80 Å². The monoisotopic (exact) mass is 515 g/mol. The van der Waals surface area contributed by atoms with Crippen LogP contribution in [0, 0.1) is 0 Å². The number of aliphatic hydroxyl groups is 2. The third-order valence-corrected chi connectivity index (χ3v) is 7.28. The Morgan fingerprint density at radius 2 is 0.806 bits per heavy atom. The standard InChI is InChI=1S/C30H66N4O2/c1-3-5-7-9-11-13-19-29(35)27-33(25-17-21-31)23-15-16-24-34(26-18-22-32)28-30(36)20-14-12-10-8-6-4-2/h29-30,35-36H,3-28,31-32H2,1-2H3. The Morgan fingerprint density at radius 1 is 0.472 bits per heavy atom. The van der Waals surface area contributed by atoms with Crippen LogP contribution < -0.4 is 11.5 Å². The van der Waals surface area contributed by atoms with E-state index in [-0.39, 0.29) is 12.2 Å². The summed E-state index contributed by atoms with van der Waals surface area (Å²) in [7, 11) is 0. The summed E-state index contributed by atoms with van der Waals surface area (Å²) < 4.78 is 0. The minimum Gasteiger partial charge on any atom is -0.392 e. The quantitative estimate of drug-likeness (QED) is 0.101. The van der Waals surface area contributed by atoms with Crippen molar-refractivity contribution in [2.45, 2.75) is 142 Å². The lowest BCUT2D eigenvalue weighted by atomic mass is 10.1. The highest BCUT2D eigenvalue weighted by Crippen LogP contribution is 2.12. The van der Waals surface area contributed by atoms with Crippen LogP contribution in [0.4, 0.5) is 0 Å². The fraction of sp³-hybridized carbons (Fsp3) is 1.00. The number of unbranched alkanes of at least 4 members (excludes halogenated alkanes) is 11. The van der Waals surface area contributed by atoms with Crippen LogP contribution in [-0.4, -0.2) is 84.6 Å². The van der Waals surface area contributed by atoms with E-state index >= 15 is 0 Å². The van der Waals surface area contributed by atoms with Gasteiger partial charge in [-0.15, -0.1) is 0 Å². The first-order valence-electron chi connectivity index (χ1n) is 15.8. The molecule has 6 nitrogen and oxygen atoms in total. The molecular formula is C30H66N4O2. The molecule has 0 aromatic rings. The van der Waals surface area contributed by atoms with Gasteiger partial charge in [-0.05, 0) is 77.8 Å². The summed E-state index contributed by atoms with van der Waals surface area (Å²) in [6, 6.07) is 0. The lowest BCUT2D eigenvalue weighted by molar-refractivity contribution is 0.0939. The van der Waals surface area contributed by atoms with Gasteiger partial charge >= 0.3 is 0 Å². The molecule has 0 amide bonds. The SMILES string of the molecule is CCCCCCCCC(O)CN(CCCN)CCCCN(CCCN)CC(O)CCCCCCCC. The maximum Gasteiger partial charge on any atom is 0.0667 e. The van der Waals surface area contributed by atoms with E-state index < -0.39 is 0 Å². The van der Waals surface area contributed by atoms with Gasteiger partial charge in [0.1, 0.15) is 0 Å². The van der Waals surface area contributed by atoms with Gasteiger partial charge in [0.25, 0.3) is 0 Å². The molecule has 218 valence electrons. The molecule has 0 aliphatic rings. The topological polar surface area (TPSA) is 99.0 Å². The minimum atomic E-state index is -0.230. The zero-order chi connectivity index (χ0) is 26.7. The molecule has 6 heteroatoms. The van der Waals surface area contributed by atoms with Gasteiger partial charge in [0.05, 0.1) is 12.2 Å². The Labute approximate surface area is 225 Å². The van der Waals surface area contributed by atoms with Crippen molar-refractivity contribution in [2.75, 3.05) is 52.4 Å². The van der Waals surface area contributed by atoms with E-state index in [1.54, 1.807) is 0 Å². The fourth-order valence-electron chi connectivity index (χ4n) is 4.99. The molecule has 0 spiro atoms. The second kappa shape index (κ2) is 27.8. The maximum absolute atomic E-state index is 10.6. The highest BCUT2D eigenvalue weighted by Gasteiger charge is 2.14. The lowest BCUT2D eigenvalue weighted by Gasteiger charge is -2.27. The molecule has 36 heavy (non-hydrogen) atoms. The summed E-state index contributed by atoms with van der Waals surface area (Å²) in [5.41, 5.74) is 11.5. The van der Waals surface area contributed by atoms with Crippen molar-refractivity contribution < 1.29 is 10.2 Å². The second-order valence-electron chi connectivity index (χ2n) is 11.0. The van der Waals surface area contributed by atoms with E-state index in [1.165, 1.54) is 64.2 Å². The summed E-state index contributed by atoms with van der Waals surface area (Å²) in [6.07, 6.45) is 20.8. The van der Waals surface area contributed by atoms with E-state index in [0.29, 0.717) is 13.1 Å². The van der Waals surface area contributed by atoms with Crippen LogP contribution in [0.15, 0.2) is 0 Å². The second-order valence-corrected chi connectivity index (χ2v) is 11.0. The Morgan fingerprint density at radius 3 is 1.17 bits per heavy atom. The number of rotatable bonds is 29. The minimum absolute atomic E-state index is 0.230.